The molecular weight excluding hydrogens is 604 g/mol. The van der Waals surface area contributed by atoms with Crippen molar-refractivity contribution in [2.75, 3.05) is 58.9 Å². The van der Waals surface area contributed by atoms with Gasteiger partial charge in [0, 0.05) is 26.2 Å². The minimum atomic E-state index is -1.24. The molecule has 13 nitrogen and oxygen atoms in total. The molecule has 5 N–H and O–H groups in total. The summed E-state index contributed by atoms with van der Waals surface area (Å²) in [5.74, 6) is -6.16. The molecule has 0 saturated carbocycles. The zero-order valence-electron chi connectivity index (χ0n) is 15.5. The van der Waals surface area contributed by atoms with E-state index in [1.165, 1.54) is 4.90 Å². The van der Waals surface area contributed by atoms with E-state index in [-0.39, 0.29) is 74.0 Å². The fraction of sp³-hybridized carbons (Fsp3) is 0.643. The van der Waals surface area contributed by atoms with Gasteiger partial charge in [0.05, 0.1) is 32.7 Å². The number of carboxylic acids is 5. The van der Waals surface area contributed by atoms with Crippen LogP contribution in [0.3, 0.4) is 0 Å². The third-order valence-electron chi connectivity index (χ3n) is 3.26. The monoisotopic (exact) mass is 627 g/mol. The van der Waals surface area contributed by atoms with Gasteiger partial charge in [-0.05, 0) is 0 Å². The van der Waals surface area contributed by atoms with Gasteiger partial charge < -0.3 is 25.5 Å². The predicted molar refractivity (Wildman–Crippen MR) is 99.0 cm³/mol. The van der Waals surface area contributed by atoms with Crippen LogP contribution in [0.5, 0.6) is 0 Å². The molecule has 0 fully saturated rings. The Bertz CT molecular complexity index is 492. The molecule has 0 saturated heterocycles. The number of rotatable bonds is 16. The van der Waals surface area contributed by atoms with E-state index in [4.69, 9.17) is 25.5 Å². The molecule has 0 aromatic heterocycles. The number of aliphatic carboxylic acids is 5. The second-order valence-electron chi connectivity index (χ2n) is 5.67. The second kappa shape index (κ2) is 17.7. The SMILES string of the molecule is O=C(O)CN(CCN(CC(=O)O)CC(=O)O)CCN(CC(=O)O)CC(=O)O.[117Sn+4].[117Sn+4]. The Morgan fingerprint density at radius 3 is 0.793 bits per heavy atom. The van der Waals surface area contributed by atoms with Crippen LogP contribution in [0.1, 0.15) is 0 Å². The average Bonchev–Trinajstić information content (AvgIpc) is 2.46. The Balaban J connectivity index is -0.00000338. The summed E-state index contributed by atoms with van der Waals surface area (Å²) in [7, 11) is 0. The maximum atomic E-state index is 11.0. The fourth-order valence-corrected chi connectivity index (χ4v) is 2.22. The Morgan fingerprint density at radius 2 is 0.586 bits per heavy atom. The predicted octanol–water partition coefficient (Wildman–Crippen LogP) is -3.45. The number of hydrogen-bond acceptors (Lipinski definition) is 8. The fourth-order valence-electron chi connectivity index (χ4n) is 2.22. The maximum Gasteiger partial charge on any atom is 4.00 e. The van der Waals surface area contributed by atoms with E-state index in [0.717, 1.165) is 9.80 Å². The van der Waals surface area contributed by atoms with E-state index in [1.54, 1.807) is 0 Å². The molecule has 29 heavy (non-hydrogen) atoms. The molecule has 0 atom stereocenters. The molecule has 0 rings (SSSR count). The van der Waals surface area contributed by atoms with Gasteiger partial charge in [-0.1, -0.05) is 0 Å². The van der Waals surface area contributed by atoms with E-state index < -0.39 is 62.6 Å². The van der Waals surface area contributed by atoms with Gasteiger partial charge in [-0.3, -0.25) is 38.7 Å². The number of carbonyl (C=O) groups is 5. The molecule has 0 unspecified atom stereocenters. The molecule has 15 heteroatoms. The summed E-state index contributed by atoms with van der Waals surface area (Å²) in [5.41, 5.74) is 0. The molecule has 0 aliphatic carbocycles. The van der Waals surface area contributed by atoms with Crippen LogP contribution in [0.25, 0.3) is 0 Å². The second-order valence-corrected chi connectivity index (χ2v) is 5.67. The van der Waals surface area contributed by atoms with E-state index in [2.05, 4.69) is 0 Å². The van der Waals surface area contributed by atoms with Gasteiger partial charge in [0.1, 0.15) is 0 Å². The van der Waals surface area contributed by atoms with Crippen LogP contribution >= 0.6 is 0 Å². The smallest absolute Gasteiger partial charge is 0.480 e. The van der Waals surface area contributed by atoms with E-state index in [1.807, 2.05) is 0 Å². The average molecular weight is 627 g/mol. The van der Waals surface area contributed by atoms with Crippen LogP contribution in [-0.2, 0) is 24.0 Å². The van der Waals surface area contributed by atoms with Crippen LogP contribution in [0, 0.1) is 0 Å². The standard InChI is InChI=1S/C14H23N3O10.2Sn/c18-10(19)5-15(1-3-16(6-11(20)21)7-12(22)23)2-4-17(8-13(24)25)9-14(26)27;;/h1-9H2,(H,18,19)(H,20,21)(H,22,23)(H,24,25)(H,26,27);;/q;2*+4/i;2*1-2. The van der Waals surface area contributed by atoms with Gasteiger partial charge in [0.2, 0.25) is 0 Å². The van der Waals surface area contributed by atoms with Crippen LogP contribution in [-0.4, -0.2) is 177 Å². The summed E-state index contributed by atoms with van der Waals surface area (Å²) in [5, 5.41) is 44.1. The summed E-state index contributed by atoms with van der Waals surface area (Å²) in [6.07, 6.45) is 0. The Labute approximate surface area is 200 Å². The summed E-state index contributed by atoms with van der Waals surface area (Å²) in [4.78, 5) is 57.6. The quantitative estimate of drug-likeness (QED) is 0.106. The van der Waals surface area contributed by atoms with Gasteiger partial charge in [0.15, 0.2) is 0 Å². The molecule has 0 spiro atoms. The maximum absolute atomic E-state index is 11.0. The van der Waals surface area contributed by atoms with Gasteiger partial charge >= 0.3 is 77.7 Å². The first-order chi connectivity index (χ1) is 12.5. The van der Waals surface area contributed by atoms with Crippen molar-refractivity contribution < 1.29 is 49.5 Å². The van der Waals surface area contributed by atoms with E-state index in [9.17, 15) is 24.0 Å². The van der Waals surface area contributed by atoms with Crippen molar-refractivity contribution in [1.82, 2.24) is 14.7 Å². The summed E-state index contributed by atoms with van der Waals surface area (Å²) < 4.78 is 0. The molecule has 0 aliphatic rings. The molecule has 0 amide bonds. The zero-order chi connectivity index (χ0) is 21.0. The molecule has 0 aliphatic heterocycles. The van der Waals surface area contributed by atoms with Crippen molar-refractivity contribution in [2.24, 2.45) is 0 Å². The van der Waals surface area contributed by atoms with E-state index >= 15 is 0 Å². The Kier molecular flexibility index (Phi) is 19.8. The van der Waals surface area contributed by atoms with Crippen LogP contribution < -0.4 is 0 Å². The van der Waals surface area contributed by atoms with Crippen LogP contribution in [0.2, 0.25) is 0 Å². The molecule has 0 heterocycles. The van der Waals surface area contributed by atoms with Gasteiger partial charge in [0.25, 0.3) is 0 Å². The summed E-state index contributed by atoms with van der Waals surface area (Å²) in [6, 6.07) is 0. The van der Waals surface area contributed by atoms with Crippen molar-refractivity contribution >= 4 is 77.7 Å². The Morgan fingerprint density at radius 1 is 0.414 bits per heavy atom. The van der Waals surface area contributed by atoms with Gasteiger partial charge in [-0.2, -0.15) is 0 Å². The number of hydrogen-bond donors (Lipinski definition) is 5. The first kappa shape index (κ1) is 32.5. The number of carboxylic acid groups (broad SMARTS) is 5. The van der Waals surface area contributed by atoms with Crippen LogP contribution in [0.4, 0.5) is 0 Å². The first-order valence-electron chi connectivity index (χ1n) is 7.75. The Hall–Kier alpha value is -1.17. The normalized spacial score (nSPS) is 10.3. The molecule has 154 valence electrons. The topological polar surface area (TPSA) is 196 Å². The van der Waals surface area contributed by atoms with Gasteiger partial charge in [-0.15, -0.1) is 0 Å². The minimum Gasteiger partial charge on any atom is -0.480 e. The van der Waals surface area contributed by atoms with Crippen molar-refractivity contribution in [3.05, 3.63) is 0 Å². The summed E-state index contributed by atoms with van der Waals surface area (Å²) >= 11 is 0. The van der Waals surface area contributed by atoms with Crippen molar-refractivity contribution in [3.63, 3.8) is 0 Å². The minimum absolute atomic E-state index is 0. The first-order valence-corrected chi connectivity index (χ1v) is 7.75. The number of nitrogens with zero attached hydrogens (tertiary/aromatic N) is 3. The van der Waals surface area contributed by atoms with Crippen LogP contribution in [0.15, 0.2) is 0 Å². The molecule has 0 aromatic rings. The van der Waals surface area contributed by atoms with E-state index in [0.29, 0.717) is 0 Å². The zero-order valence-corrected chi connectivity index (χ0v) is 21.2. The largest absolute Gasteiger partial charge is 4.00 e. The third-order valence-corrected chi connectivity index (χ3v) is 3.26. The van der Waals surface area contributed by atoms with Crippen molar-refractivity contribution in [1.29, 1.82) is 0 Å². The molecule has 0 radical (unpaired) electrons. The summed E-state index contributed by atoms with van der Waals surface area (Å²) in [6.45, 7) is -2.74. The molecular formula is C14H23N3O10Sn2+8. The molecule has 0 aromatic carbocycles. The third kappa shape index (κ3) is 19.9. The van der Waals surface area contributed by atoms with Crippen molar-refractivity contribution in [3.8, 4) is 0 Å². The van der Waals surface area contributed by atoms with Crippen molar-refractivity contribution in [2.45, 2.75) is 0 Å². The van der Waals surface area contributed by atoms with Gasteiger partial charge in [-0.25, -0.2) is 0 Å². The molecule has 0 bridgehead atoms.